The largest absolute Gasteiger partial charge is 0.331 e. The lowest BCUT2D eigenvalue weighted by Crippen LogP contribution is -2.16. The SMILES string of the molecule is CSC1N=CNc2c(C)nc(C)n21. The van der Waals surface area contributed by atoms with E-state index >= 15 is 0 Å². The zero-order chi connectivity index (χ0) is 9.42. The molecule has 0 amide bonds. The van der Waals surface area contributed by atoms with E-state index in [1.807, 2.05) is 20.1 Å². The van der Waals surface area contributed by atoms with Crippen molar-refractivity contribution < 1.29 is 0 Å². The molecule has 0 radical (unpaired) electrons. The Hall–Kier alpha value is -0.970. The van der Waals surface area contributed by atoms with Crippen molar-refractivity contribution in [3.8, 4) is 0 Å². The molecule has 0 bridgehead atoms. The molecular weight excluding hydrogens is 184 g/mol. The third kappa shape index (κ3) is 1.23. The maximum absolute atomic E-state index is 4.40. The first-order chi connectivity index (χ1) is 6.24. The molecule has 0 saturated heterocycles. The molecule has 1 aromatic rings. The summed E-state index contributed by atoms with van der Waals surface area (Å²) in [5.74, 6) is 2.07. The Morgan fingerprint density at radius 2 is 2.31 bits per heavy atom. The summed E-state index contributed by atoms with van der Waals surface area (Å²) in [5, 5.41) is 3.11. The lowest BCUT2D eigenvalue weighted by atomic mass is 10.5. The first kappa shape index (κ1) is 8.62. The summed E-state index contributed by atoms with van der Waals surface area (Å²) < 4.78 is 2.11. The van der Waals surface area contributed by atoms with E-state index in [-0.39, 0.29) is 5.50 Å². The molecule has 0 aromatic carbocycles. The van der Waals surface area contributed by atoms with E-state index in [0.717, 1.165) is 17.3 Å². The second kappa shape index (κ2) is 3.06. The molecule has 1 unspecified atom stereocenters. The van der Waals surface area contributed by atoms with Crippen molar-refractivity contribution >= 4 is 23.9 Å². The highest BCUT2D eigenvalue weighted by Gasteiger charge is 2.20. The van der Waals surface area contributed by atoms with E-state index < -0.39 is 0 Å². The highest BCUT2D eigenvalue weighted by Crippen LogP contribution is 2.31. The van der Waals surface area contributed by atoms with E-state index in [1.165, 1.54) is 0 Å². The lowest BCUT2D eigenvalue weighted by Gasteiger charge is -2.20. The van der Waals surface area contributed by atoms with Crippen LogP contribution in [0.2, 0.25) is 0 Å². The Labute approximate surface area is 81.5 Å². The van der Waals surface area contributed by atoms with Crippen molar-refractivity contribution in [1.29, 1.82) is 0 Å². The lowest BCUT2D eigenvalue weighted by molar-refractivity contribution is 0.687. The van der Waals surface area contributed by atoms with Crippen LogP contribution < -0.4 is 5.32 Å². The number of anilines is 1. The zero-order valence-corrected chi connectivity index (χ0v) is 8.72. The number of nitrogens with one attached hydrogen (secondary N) is 1. The van der Waals surface area contributed by atoms with Crippen LogP contribution in [-0.2, 0) is 0 Å². The summed E-state index contributed by atoms with van der Waals surface area (Å²) in [6.45, 7) is 4.00. The van der Waals surface area contributed by atoms with Crippen molar-refractivity contribution in [2.45, 2.75) is 19.3 Å². The average Bonchev–Trinajstić information content (AvgIpc) is 2.43. The Morgan fingerprint density at radius 1 is 1.54 bits per heavy atom. The number of aliphatic imine (C=N–C) groups is 1. The van der Waals surface area contributed by atoms with Crippen LogP contribution in [0.25, 0.3) is 0 Å². The standard InChI is InChI=1S/C8H12N4S/c1-5-7-9-4-10-8(13-3)12(7)6(2)11-5/h4,8H,1-3H3,(H,9,10). The van der Waals surface area contributed by atoms with Gasteiger partial charge in [-0.15, -0.1) is 11.8 Å². The summed E-state index contributed by atoms with van der Waals surface area (Å²) in [4.78, 5) is 8.71. The van der Waals surface area contributed by atoms with Gasteiger partial charge in [0.15, 0.2) is 5.50 Å². The fraction of sp³-hybridized carbons (Fsp3) is 0.500. The van der Waals surface area contributed by atoms with Gasteiger partial charge in [-0.25, -0.2) is 9.98 Å². The smallest absolute Gasteiger partial charge is 0.176 e. The number of aryl methyl sites for hydroxylation is 2. The molecule has 1 N–H and O–H groups in total. The normalized spacial score (nSPS) is 19.8. The molecule has 1 aromatic heterocycles. The van der Waals surface area contributed by atoms with Gasteiger partial charge in [-0.1, -0.05) is 0 Å². The van der Waals surface area contributed by atoms with Crippen molar-refractivity contribution in [2.75, 3.05) is 11.6 Å². The monoisotopic (exact) mass is 196 g/mol. The Balaban J connectivity index is 2.53. The van der Waals surface area contributed by atoms with Crippen LogP contribution in [0.15, 0.2) is 4.99 Å². The summed E-state index contributed by atoms with van der Waals surface area (Å²) in [6, 6.07) is 0. The van der Waals surface area contributed by atoms with Crippen LogP contribution in [-0.4, -0.2) is 22.1 Å². The summed E-state index contributed by atoms with van der Waals surface area (Å²) in [7, 11) is 0. The average molecular weight is 196 g/mol. The van der Waals surface area contributed by atoms with Crippen molar-refractivity contribution in [1.82, 2.24) is 9.55 Å². The number of hydrogen-bond acceptors (Lipinski definition) is 4. The van der Waals surface area contributed by atoms with E-state index in [1.54, 1.807) is 18.1 Å². The van der Waals surface area contributed by atoms with Gasteiger partial charge in [-0.2, -0.15) is 0 Å². The third-order valence-electron chi connectivity index (χ3n) is 2.10. The molecule has 1 aliphatic rings. The summed E-state index contributed by atoms with van der Waals surface area (Å²) >= 11 is 1.70. The predicted molar refractivity (Wildman–Crippen MR) is 56.4 cm³/mol. The fourth-order valence-electron chi connectivity index (χ4n) is 1.53. The van der Waals surface area contributed by atoms with Crippen LogP contribution >= 0.6 is 11.8 Å². The molecule has 5 heteroatoms. The molecule has 2 heterocycles. The Kier molecular flexibility index (Phi) is 2.03. The second-order valence-electron chi connectivity index (χ2n) is 2.95. The predicted octanol–water partition coefficient (Wildman–Crippen LogP) is 1.77. The molecule has 0 spiro atoms. The van der Waals surface area contributed by atoms with Gasteiger partial charge in [0.25, 0.3) is 0 Å². The maximum Gasteiger partial charge on any atom is 0.176 e. The number of imidazole rings is 1. The summed E-state index contributed by atoms with van der Waals surface area (Å²) in [5.41, 5.74) is 1.17. The van der Waals surface area contributed by atoms with Crippen LogP contribution in [0, 0.1) is 13.8 Å². The van der Waals surface area contributed by atoms with Crippen molar-refractivity contribution in [3.63, 3.8) is 0 Å². The first-order valence-corrected chi connectivity index (χ1v) is 5.39. The number of hydrogen-bond donors (Lipinski definition) is 1. The molecular formula is C8H12N4S. The van der Waals surface area contributed by atoms with Gasteiger partial charge in [0.1, 0.15) is 11.6 Å². The number of rotatable bonds is 1. The summed E-state index contributed by atoms with van der Waals surface area (Å²) in [6.07, 6.45) is 3.79. The molecule has 70 valence electrons. The highest BCUT2D eigenvalue weighted by atomic mass is 32.2. The van der Waals surface area contributed by atoms with E-state index in [4.69, 9.17) is 0 Å². The molecule has 1 atom stereocenters. The maximum atomic E-state index is 4.40. The minimum Gasteiger partial charge on any atom is -0.331 e. The number of aromatic nitrogens is 2. The van der Waals surface area contributed by atoms with E-state index in [9.17, 15) is 0 Å². The van der Waals surface area contributed by atoms with E-state index in [0.29, 0.717) is 0 Å². The molecule has 0 fully saturated rings. The first-order valence-electron chi connectivity index (χ1n) is 4.10. The minimum atomic E-state index is 0.137. The topological polar surface area (TPSA) is 42.2 Å². The number of thioether (sulfide) groups is 1. The molecule has 0 saturated carbocycles. The van der Waals surface area contributed by atoms with Crippen LogP contribution in [0.5, 0.6) is 0 Å². The molecule has 4 nitrogen and oxygen atoms in total. The quantitative estimate of drug-likeness (QED) is 0.744. The van der Waals surface area contributed by atoms with Gasteiger partial charge in [0, 0.05) is 0 Å². The van der Waals surface area contributed by atoms with Gasteiger partial charge in [-0.3, -0.25) is 4.57 Å². The fourth-order valence-corrected chi connectivity index (χ4v) is 2.18. The van der Waals surface area contributed by atoms with Gasteiger partial charge in [-0.05, 0) is 20.1 Å². The van der Waals surface area contributed by atoms with Gasteiger partial charge in [0.2, 0.25) is 0 Å². The van der Waals surface area contributed by atoms with Crippen LogP contribution in [0.3, 0.4) is 0 Å². The highest BCUT2D eigenvalue weighted by molar-refractivity contribution is 7.98. The van der Waals surface area contributed by atoms with E-state index in [2.05, 4.69) is 19.9 Å². The van der Waals surface area contributed by atoms with Crippen molar-refractivity contribution in [2.24, 2.45) is 4.99 Å². The van der Waals surface area contributed by atoms with Crippen molar-refractivity contribution in [3.05, 3.63) is 11.5 Å². The minimum absolute atomic E-state index is 0.137. The van der Waals surface area contributed by atoms with Crippen LogP contribution in [0.4, 0.5) is 5.82 Å². The molecule has 2 rings (SSSR count). The molecule has 13 heavy (non-hydrogen) atoms. The second-order valence-corrected chi connectivity index (χ2v) is 3.84. The Bertz CT molecular complexity index is 355. The van der Waals surface area contributed by atoms with Gasteiger partial charge < -0.3 is 5.32 Å². The number of nitrogens with zero attached hydrogens (tertiary/aromatic N) is 3. The third-order valence-corrected chi connectivity index (χ3v) is 2.85. The molecule has 0 aliphatic carbocycles. The number of fused-ring (bicyclic) bond motifs is 1. The van der Waals surface area contributed by atoms with Gasteiger partial charge in [0.05, 0.1) is 12.0 Å². The van der Waals surface area contributed by atoms with Crippen LogP contribution in [0.1, 0.15) is 17.0 Å². The van der Waals surface area contributed by atoms with Gasteiger partial charge >= 0.3 is 0 Å². The molecule has 1 aliphatic heterocycles. The zero-order valence-electron chi connectivity index (χ0n) is 7.90. The Morgan fingerprint density at radius 3 is 3.00 bits per heavy atom.